The number of esters is 1. The number of nitrogens with one attached hydrogen (secondary N) is 1. The summed E-state index contributed by atoms with van der Waals surface area (Å²) in [4.78, 5) is 24.4. The Balaban J connectivity index is 2.44. The predicted octanol–water partition coefficient (Wildman–Crippen LogP) is 3.92. The quantitative estimate of drug-likeness (QED) is 0.283. The summed E-state index contributed by atoms with van der Waals surface area (Å²) in [7, 11) is -0.464. The summed E-state index contributed by atoms with van der Waals surface area (Å²) >= 11 is 5.26. The monoisotopic (exact) mass is 448 g/mol. The molecule has 0 spiro atoms. The lowest BCUT2D eigenvalue weighted by molar-refractivity contribution is -0.145. The highest BCUT2D eigenvalue weighted by molar-refractivity contribution is 8.19. The molecule has 1 aliphatic heterocycles. The average molecular weight is 449 g/mol. The standard InChI is InChI=1S/C23H30NO4S2/c1-7-27-21(26)12-28-22-18(14(2)3)10-17(11-19(22)15(4)5)9-8-16(6)30-13-20(25)24-23(30)29/h8-11,13-15H,7,12H2,1-6H3,(H,24,25,29)/q-1. The first-order chi connectivity index (χ1) is 14.1. The number of hydrogen-bond acceptors (Lipinski definition) is 6. The molecule has 1 amide bonds. The van der Waals surface area contributed by atoms with Gasteiger partial charge in [-0.1, -0.05) is 59.0 Å². The number of carbonyl (C=O) groups is 2. The first-order valence-corrected chi connectivity index (χ1v) is 11.7. The molecule has 1 aliphatic rings. The van der Waals surface area contributed by atoms with Crippen molar-refractivity contribution in [2.24, 2.45) is 0 Å². The van der Waals surface area contributed by atoms with Crippen molar-refractivity contribution in [2.75, 3.05) is 13.2 Å². The SMILES string of the molecule is CCOC(=O)COc1c(C(C)C)cc(C=CC(C)=[S-]2=CC(=O)NC2=S)cc1C(C)C. The number of thiocarbonyl (C=S) groups is 1. The largest absolute Gasteiger partial charge is 0.481 e. The zero-order chi connectivity index (χ0) is 22.4. The van der Waals surface area contributed by atoms with Gasteiger partial charge in [0.25, 0.3) is 0 Å². The molecule has 0 aliphatic carbocycles. The van der Waals surface area contributed by atoms with Crippen LogP contribution >= 0.6 is 12.2 Å². The van der Waals surface area contributed by atoms with Crippen molar-refractivity contribution in [1.29, 1.82) is 0 Å². The first-order valence-electron chi connectivity index (χ1n) is 10.0. The van der Waals surface area contributed by atoms with Gasteiger partial charge >= 0.3 is 5.97 Å². The van der Waals surface area contributed by atoms with Crippen molar-refractivity contribution in [3.05, 3.63) is 34.9 Å². The summed E-state index contributed by atoms with van der Waals surface area (Å²) in [5.74, 6) is 0.690. The Hall–Kier alpha value is -2.12. The van der Waals surface area contributed by atoms with Crippen LogP contribution in [0.25, 0.3) is 6.08 Å². The number of allylic oxidation sites excluding steroid dienone is 1. The van der Waals surface area contributed by atoms with Gasteiger partial charge in [-0.25, -0.2) is 4.79 Å². The summed E-state index contributed by atoms with van der Waals surface area (Å²) in [6.45, 7) is 12.4. The zero-order valence-corrected chi connectivity index (χ0v) is 20.0. The minimum absolute atomic E-state index is 0.105. The fourth-order valence-electron chi connectivity index (χ4n) is 3.02. The summed E-state index contributed by atoms with van der Waals surface area (Å²) in [5, 5.41) is 4.31. The van der Waals surface area contributed by atoms with Crippen LogP contribution in [0.4, 0.5) is 0 Å². The van der Waals surface area contributed by atoms with Gasteiger partial charge in [0, 0.05) is 0 Å². The van der Waals surface area contributed by atoms with Crippen molar-refractivity contribution < 1.29 is 19.1 Å². The third kappa shape index (κ3) is 6.19. The van der Waals surface area contributed by atoms with Crippen LogP contribution in [0, 0.1) is 0 Å². The highest BCUT2D eigenvalue weighted by Gasteiger charge is 2.18. The van der Waals surface area contributed by atoms with Gasteiger partial charge in [0.15, 0.2) is 6.61 Å². The topological polar surface area (TPSA) is 64.6 Å². The molecule has 1 aromatic carbocycles. The Morgan fingerprint density at radius 3 is 2.27 bits per heavy atom. The van der Waals surface area contributed by atoms with Crippen molar-refractivity contribution in [1.82, 2.24) is 5.32 Å². The number of rotatable bonds is 8. The van der Waals surface area contributed by atoms with E-state index in [1.165, 1.54) is 0 Å². The number of carbonyl (C=O) groups excluding carboxylic acids is 2. The van der Waals surface area contributed by atoms with Gasteiger partial charge in [-0.3, -0.25) is 4.79 Å². The van der Waals surface area contributed by atoms with Crippen LogP contribution in [0.3, 0.4) is 0 Å². The maximum absolute atomic E-state index is 11.8. The van der Waals surface area contributed by atoms with E-state index in [2.05, 4.69) is 45.1 Å². The molecule has 30 heavy (non-hydrogen) atoms. The van der Waals surface area contributed by atoms with E-state index in [1.807, 2.05) is 19.1 Å². The van der Waals surface area contributed by atoms with Gasteiger partial charge < -0.3 is 24.9 Å². The van der Waals surface area contributed by atoms with E-state index in [9.17, 15) is 9.59 Å². The van der Waals surface area contributed by atoms with E-state index in [0.29, 0.717) is 10.9 Å². The van der Waals surface area contributed by atoms with Crippen LogP contribution in [-0.2, 0) is 24.4 Å². The smallest absolute Gasteiger partial charge is 0.344 e. The molecule has 0 saturated heterocycles. The summed E-state index contributed by atoms with van der Waals surface area (Å²) in [6.07, 6.45) is 4.04. The van der Waals surface area contributed by atoms with Gasteiger partial charge in [0.1, 0.15) is 5.75 Å². The lowest BCUT2D eigenvalue weighted by atomic mass is 9.91. The Bertz CT molecular complexity index is 938. The second-order valence-corrected chi connectivity index (χ2v) is 10.2. The summed E-state index contributed by atoms with van der Waals surface area (Å²) in [6, 6.07) is 4.17. The molecule has 0 saturated carbocycles. The number of hydrogen-bond donors (Lipinski definition) is 1. The molecule has 0 radical (unpaired) electrons. The Kier molecular flexibility index (Phi) is 8.67. The van der Waals surface area contributed by atoms with Crippen LogP contribution in [0.15, 0.2) is 18.2 Å². The van der Waals surface area contributed by atoms with Crippen molar-refractivity contribution in [2.45, 2.75) is 53.4 Å². The van der Waals surface area contributed by atoms with E-state index in [0.717, 1.165) is 27.3 Å². The van der Waals surface area contributed by atoms with E-state index < -0.39 is 10.1 Å². The predicted molar refractivity (Wildman–Crippen MR) is 131 cm³/mol. The molecule has 7 heteroatoms. The van der Waals surface area contributed by atoms with Crippen LogP contribution in [0.5, 0.6) is 5.75 Å². The minimum atomic E-state index is -0.464. The maximum Gasteiger partial charge on any atom is 0.344 e. The molecule has 1 aromatic rings. The summed E-state index contributed by atoms with van der Waals surface area (Å²) in [5.41, 5.74) is 3.13. The van der Waals surface area contributed by atoms with Gasteiger partial charge in [-0.2, -0.15) is 4.86 Å². The summed E-state index contributed by atoms with van der Waals surface area (Å²) < 4.78 is 11.5. The van der Waals surface area contributed by atoms with Gasteiger partial charge in [-0.05, 0) is 51.9 Å². The molecule has 0 aromatic heterocycles. The van der Waals surface area contributed by atoms with E-state index in [-0.39, 0.29) is 30.3 Å². The Morgan fingerprint density at radius 2 is 1.80 bits per heavy atom. The first kappa shape index (κ1) is 24.2. The van der Waals surface area contributed by atoms with E-state index in [4.69, 9.17) is 21.7 Å². The maximum atomic E-state index is 11.8. The normalized spacial score (nSPS) is 16.8. The van der Waals surface area contributed by atoms with Crippen molar-refractivity contribution >= 4 is 54.8 Å². The van der Waals surface area contributed by atoms with Crippen LogP contribution in [-0.4, -0.2) is 39.6 Å². The Labute approximate surface area is 186 Å². The number of ether oxygens (including phenoxy) is 2. The molecule has 2 rings (SSSR count). The van der Waals surface area contributed by atoms with Gasteiger partial charge in [-0.15, -0.1) is 5.37 Å². The average Bonchev–Trinajstić information content (AvgIpc) is 3.02. The van der Waals surface area contributed by atoms with Crippen LogP contribution in [0.1, 0.15) is 70.1 Å². The molecule has 1 heterocycles. The van der Waals surface area contributed by atoms with Crippen molar-refractivity contribution in [3.8, 4) is 5.75 Å². The van der Waals surface area contributed by atoms with Gasteiger partial charge in [0.05, 0.1) is 6.61 Å². The number of amides is 1. The fraction of sp³-hybridized carbons (Fsp3) is 0.435. The van der Waals surface area contributed by atoms with Crippen molar-refractivity contribution in [3.63, 3.8) is 0 Å². The second-order valence-electron chi connectivity index (χ2n) is 7.61. The molecular weight excluding hydrogens is 418 g/mol. The molecule has 164 valence electrons. The zero-order valence-electron chi connectivity index (χ0n) is 18.4. The minimum Gasteiger partial charge on any atom is -0.481 e. The molecule has 5 nitrogen and oxygen atoms in total. The highest BCUT2D eigenvalue weighted by atomic mass is 32.2. The third-order valence-electron chi connectivity index (χ3n) is 4.56. The number of benzene rings is 1. The molecule has 0 fully saturated rings. The van der Waals surface area contributed by atoms with Gasteiger partial charge in [0.2, 0.25) is 5.91 Å². The molecular formula is C23H30NO4S2-. The second kappa shape index (κ2) is 10.8. The fourth-order valence-corrected chi connectivity index (χ4v) is 4.95. The van der Waals surface area contributed by atoms with E-state index >= 15 is 0 Å². The third-order valence-corrected chi connectivity index (χ3v) is 6.98. The van der Waals surface area contributed by atoms with E-state index in [1.54, 1.807) is 12.3 Å². The molecule has 0 unspecified atom stereocenters. The molecule has 0 atom stereocenters. The highest BCUT2D eigenvalue weighted by Crippen LogP contribution is 2.36. The molecule has 1 N–H and O–H groups in total. The van der Waals surface area contributed by atoms with Crippen LogP contribution in [0.2, 0.25) is 0 Å². The molecule has 0 bridgehead atoms. The Morgan fingerprint density at radius 1 is 1.20 bits per heavy atom. The lowest BCUT2D eigenvalue weighted by Crippen LogP contribution is -2.21. The lowest BCUT2D eigenvalue weighted by Gasteiger charge is -2.21. The van der Waals surface area contributed by atoms with Crippen LogP contribution < -0.4 is 10.1 Å².